The molecule has 0 rings (SSSR count). The van der Waals surface area contributed by atoms with Gasteiger partial charge in [0, 0.05) is 6.42 Å². The number of rotatable bonds is 13. The van der Waals surface area contributed by atoms with Crippen LogP contribution in [-0.4, -0.2) is 31.9 Å². The summed E-state index contributed by atoms with van der Waals surface area (Å²) >= 11 is 0. The van der Waals surface area contributed by atoms with E-state index in [1.165, 1.54) is 38.5 Å². The van der Waals surface area contributed by atoms with Crippen molar-refractivity contribution in [3.8, 4) is 0 Å². The molecule has 0 bridgehead atoms. The first-order chi connectivity index (χ1) is 9.52. The van der Waals surface area contributed by atoms with Crippen molar-refractivity contribution in [2.75, 3.05) is 12.4 Å². The summed E-state index contributed by atoms with van der Waals surface area (Å²) in [4.78, 5) is 11.3. The van der Waals surface area contributed by atoms with Gasteiger partial charge in [0.25, 0.3) is 0 Å². The minimum Gasteiger partial charge on any atom is -0.395 e. The maximum absolute atomic E-state index is 11.3. The number of aliphatic hydroxyl groups excluding tert-OH is 1. The van der Waals surface area contributed by atoms with Crippen LogP contribution in [0.5, 0.6) is 0 Å². The summed E-state index contributed by atoms with van der Waals surface area (Å²) in [5.74, 6) is -1.25. The fourth-order valence-corrected chi connectivity index (χ4v) is 2.59. The quantitative estimate of drug-likeness (QED) is 0.283. The summed E-state index contributed by atoms with van der Waals surface area (Å²) in [6.45, 7) is 1.66. The Morgan fingerprint density at radius 3 is 1.90 bits per heavy atom. The van der Waals surface area contributed by atoms with E-state index in [9.17, 15) is 13.2 Å². The van der Waals surface area contributed by atoms with Crippen molar-refractivity contribution in [3.05, 3.63) is 0 Å². The van der Waals surface area contributed by atoms with Gasteiger partial charge < -0.3 is 9.29 Å². The average molecular weight is 348 g/mol. The van der Waals surface area contributed by atoms with Crippen LogP contribution in [0.4, 0.5) is 0 Å². The molecular weight excluding hydrogens is 319 g/mol. The summed E-state index contributed by atoms with van der Waals surface area (Å²) in [5, 5.41) is 8.49. The molecule has 0 unspecified atom stereocenters. The van der Waals surface area contributed by atoms with E-state index >= 15 is 0 Å². The van der Waals surface area contributed by atoms with Crippen LogP contribution in [0.15, 0.2) is 0 Å². The van der Waals surface area contributed by atoms with Gasteiger partial charge >= 0.3 is 67.5 Å². The van der Waals surface area contributed by atoms with Gasteiger partial charge in [-0.2, -0.15) is 8.42 Å². The Morgan fingerprint density at radius 1 is 0.952 bits per heavy atom. The van der Waals surface area contributed by atoms with E-state index in [1.54, 1.807) is 0 Å². The Bertz CT molecular complexity index is 343. The van der Waals surface area contributed by atoms with Crippen molar-refractivity contribution in [1.29, 1.82) is 0 Å². The zero-order valence-electron chi connectivity index (χ0n) is 13.5. The zero-order chi connectivity index (χ0) is 15.3. The van der Waals surface area contributed by atoms with E-state index in [0.717, 1.165) is 12.8 Å². The molecule has 0 fully saturated rings. The van der Waals surface area contributed by atoms with Crippen LogP contribution >= 0.6 is 0 Å². The number of hydrogen-bond acceptors (Lipinski definition) is 5. The van der Waals surface area contributed by atoms with Gasteiger partial charge in [0.05, 0.1) is 6.61 Å². The average Bonchev–Trinajstić information content (AvgIpc) is 2.36. The van der Waals surface area contributed by atoms with Gasteiger partial charge in [-0.25, -0.2) is 0 Å². The molecule has 0 saturated carbocycles. The molecular formula is C14H28KO5S+. The molecule has 0 saturated heterocycles. The van der Waals surface area contributed by atoms with E-state index in [0.29, 0.717) is 6.42 Å². The molecule has 0 spiro atoms. The molecule has 0 amide bonds. The predicted molar refractivity (Wildman–Crippen MR) is 78.8 cm³/mol. The second-order valence-corrected chi connectivity index (χ2v) is 6.71. The Labute approximate surface area is 171 Å². The van der Waals surface area contributed by atoms with Crippen molar-refractivity contribution in [2.24, 2.45) is 0 Å². The van der Waals surface area contributed by atoms with Crippen molar-refractivity contribution >= 4 is 16.1 Å². The summed E-state index contributed by atoms with van der Waals surface area (Å²) in [5.41, 5.74) is 0. The smallest absolute Gasteiger partial charge is 0.395 e. The summed E-state index contributed by atoms with van der Waals surface area (Å²) in [7, 11) is -3.89. The Morgan fingerprint density at radius 2 is 1.43 bits per heavy atom. The van der Waals surface area contributed by atoms with Gasteiger partial charge in [-0.05, 0) is 6.42 Å². The van der Waals surface area contributed by atoms with Gasteiger partial charge in [0.1, 0.15) is 5.75 Å². The SMILES string of the molecule is CCCCCCCCCCCC(=O)OS(=O)(=O)CCO.[K+]. The molecule has 1 N–H and O–H groups in total. The summed E-state index contributed by atoms with van der Waals surface area (Å²) < 4.78 is 26.5. The number of unbranched alkanes of at least 4 members (excludes halogenated alkanes) is 8. The van der Waals surface area contributed by atoms with Crippen LogP contribution in [0.3, 0.4) is 0 Å². The molecule has 0 aromatic carbocycles. The topological polar surface area (TPSA) is 80.7 Å². The normalized spacial score (nSPS) is 11.0. The van der Waals surface area contributed by atoms with Crippen LogP contribution in [0.1, 0.15) is 71.1 Å². The van der Waals surface area contributed by atoms with Crippen LogP contribution in [-0.2, 0) is 19.1 Å². The second-order valence-electron chi connectivity index (χ2n) is 5.02. The second kappa shape index (κ2) is 15.9. The third-order valence-electron chi connectivity index (χ3n) is 3.05. The minimum atomic E-state index is -3.89. The maximum Gasteiger partial charge on any atom is 1.00 e. The van der Waals surface area contributed by atoms with Crippen LogP contribution in [0.25, 0.3) is 0 Å². The zero-order valence-corrected chi connectivity index (χ0v) is 17.4. The summed E-state index contributed by atoms with van der Waals surface area (Å²) in [6, 6.07) is 0. The number of carbonyl (C=O) groups excluding carboxylic acids is 1. The molecule has 0 aliphatic rings. The fourth-order valence-electron chi connectivity index (χ4n) is 1.92. The molecule has 0 aliphatic carbocycles. The van der Waals surface area contributed by atoms with Crippen molar-refractivity contribution in [2.45, 2.75) is 71.1 Å². The first kappa shape index (κ1) is 24.3. The van der Waals surface area contributed by atoms with Gasteiger partial charge in [-0.1, -0.05) is 58.3 Å². The molecule has 0 radical (unpaired) electrons. The van der Waals surface area contributed by atoms with Crippen molar-refractivity contribution < 1.29 is 73.9 Å². The Kier molecular flexibility index (Phi) is 18.4. The van der Waals surface area contributed by atoms with E-state index in [4.69, 9.17) is 5.11 Å². The van der Waals surface area contributed by atoms with E-state index in [-0.39, 0.29) is 57.8 Å². The monoisotopic (exact) mass is 347 g/mol. The molecule has 21 heavy (non-hydrogen) atoms. The number of hydrogen-bond donors (Lipinski definition) is 1. The third kappa shape index (κ3) is 17.2. The van der Waals surface area contributed by atoms with Crippen LogP contribution in [0, 0.1) is 0 Å². The van der Waals surface area contributed by atoms with Crippen LogP contribution < -0.4 is 51.4 Å². The number of aliphatic hydroxyl groups is 1. The third-order valence-corrected chi connectivity index (χ3v) is 4.17. The van der Waals surface area contributed by atoms with Gasteiger partial charge in [-0.15, -0.1) is 0 Å². The van der Waals surface area contributed by atoms with Crippen molar-refractivity contribution in [3.63, 3.8) is 0 Å². The molecule has 120 valence electrons. The van der Waals surface area contributed by atoms with Crippen molar-refractivity contribution in [1.82, 2.24) is 0 Å². The fraction of sp³-hybridized carbons (Fsp3) is 0.929. The number of carbonyl (C=O) groups is 1. The van der Waals surface area contributed by atoms with Crippen LogP contribution in [0.2, 0.25) is 0 Å². The minimum absolute atomic E-state index is 0. The molecule has 7 heteroatoms. The van der Waals surface area contributed by atoms with Gasteiger partial charge in [0.15, 0.2) is 0 Å². The Balaban J connectivity index is 0. The van der Waals surface area contributed by atoms with Gasteiger partial charge in [-0.3, -0.25) is 4.79 Å². The standard InChI is InChI=1S/C14H28O5S.K/c1-2-3-4-5-6-7-8-9-10-11-14(16)19-20(17,18)13-12-15;/h15H,2-13H2,1H3;/q;+1. The predicted octanol–water partition coefficient (Wildman–Crippen LogP) is -0.223. The molecule has 0 aromatic heterocycles. The maximum atomic E-state index is 11.3. The van der Waals surface area contributed by atoms with E-state index in [1.807, 2.05) is 0 Å². The molecule has 0 atom stereocenters. The first-order valence-corrected chi connectivity index (χ1v) is 9.15. The van der Waals surface area contributed by atoms with Gasteiger partial charge in [0.2, 0.25) is 0 Å². The molecule has 0 heterocycles. The molecule has 0 aromatic rings. The van der Waals surface area contributed by atoms with E-state index < -0.39 is 28.4 Å². The first-order valence-electron chi connectivity index (χ1n) is 7.57. The molecule has 5 nitrogen and oxygen atoms in total. The largest absolute Gasteiger partial charge is 1.00 e. The summed E-state index contributed by atoms with van der Waals surface area (Å²) in [6.07, 6.45) is 10.3. The van der Waals surface area contributed by atoms with E-state index in [2.05, 4.69) is 11.1 Å². The molecule has 0 aliphatic heterocycles. The Hall–Kier alpha value is 1.02.